The highest BCUT2D eigenvalue weighted by Gasteiger charge is 2.23. The van der Waals surface area contributed by atoms with Gasteiger partial charge < -0.3 is 10.5 Å². The van der Waals surface area contributed by atoms with Crippen LogP contribution in [0.25, 0.3) is 0 Å². The highest BCUT2D eigenvalue weighted by atomic mass is 35.5. The predicted octanol–water partition coefficient (Wildman–Crippen LogP) is 1.77. The Morgan fingerprint density at radius 1 is 1.60 bits per heavy atom. The standard InChI is InChI=1S/C9H8ClF2NO2/c1-15-9-5(11)2-4(10)8(12)7(9)6(14)3-13/h2H,3,13H2,1H3. The molecule has 1 aromatic rings. The summed E-state index contributed by atoms with van der Waals surface area (Å²) in [7, 11) is 1.12. The number of benzene rings is 1. The van der Waals surface area contributed by atoms with Gasteiger partial charge >= 0.3 is 0 Å². The number of Topliss-reactive ketones (excluding diaryl/α,β-unsaturated/α-hetero) is 1. The zero-order chi connectivity index (χ0) is 11.6. The van der Waals surface area contributed by atoms with Gasteiger partial charge in [0, 0.05) is 0 Å². The first-order chi connectivity index (χ1) is 7.02. The Morgan fingerprint density at radius 3 is 2.67 bits per heavy atom. The molecule has 0 saturated carbocycles. The zero-order valence-corrected chi connectivity index (χ0v) is 8.57. The average Bonchev–Trinajstić information content (AvgIpc) is 2.21. The van der Waals surface area contributed by atoms with E-state index in [0.29, 0.717) is 0 Å². The van der Waals surface area contributed by atoms with E-state index >= 15 is 0 Å². The first kappa shape index (κ1) is 11.9. The van der Waals surface area contributed by atoms with Gasteiger partial charge in [-0.3, -0.25) is 4.79 Å². The van der Waals surface area contributed by atoms with Gasteiger partial charge in [-0.05, 0) is 6.07 Å². The third kappa shape index (κ3) is 2.08. The number of hydrogen-bond acceptors (Lipinski definition) is 3. The number of methoxy groups -OCH3 is 1. The molecule has 0 saturated heterocycles. The molecule has 0 bridgehead atoms. The largest absolute Gasteiger partial charge is 0.493 e. The van der Waals surface area contributed by atoms with Crippen LogP contribution in [-0.4, -0.2) is 19.4 Å². The van der Waals surface area contributed by atoms with Crippen molar-refractivity contribution in [2.45, 2.75) is 0 Å². The Labute approximate surface area is 89.8 Å². The average molecular weight is 236 g/mol. The molecule has 15 heavy (non-hydrogen) atoms. The maximum Gasteiger partial charge on any atom is 0.183 e. The van der Waals surface area contributed by atoms with Crippen LogP contribution < -0.4 is 10.5 Å². The topological polar surface area (TPSA) is 52.3 Å². The second kappa shape index (κ2) is 4.55. The molecule has 6 heteroatoms. The highest BCUT2D eigenvalue weighted by molar-refractivity contribution is 6.31. The number of nitrogens with two attached hydrogens (primary N) is 1. The van der Waals surface area contributed by atoms with Crippen LogP contribution in [0.5, 0.6) is 5.75 Å². The summed E-state index contributed by atoms with van der Waals surface area (Å²) in [4.78, 5) is 11.2. The van der Waals surface area contributed by atoms with Gasteiger partial charge in [-0.15, -0.1) is 0 Å². The molecule has 0 aliphatic carbocycles. The lowest BCUT2D eigenvalue weighted by atomic mass is 10.1. The molecule has 0 aromatic heterocycles. The van der Waals surface area contributed by atoms with E-state index in [9.17, 15) is 13.6 Å². The van der Waals surface area contributed by atoms with Gasteiger partial charge in [-0.1, -0.05) is 11.6 Å². The van der Waals surface area contributed by atoms with Crippen molar-refractivity contribution < 1.29 is 18.3 Å². The Bertz CT molecular complexity index is 410. The minimum Gasteiger partial charge on any atom is -0.493 e. The molecular weight excluding hydrogens is 228 g/mol. The molecule has 1 aromatic carbocycles. The minimum atomic E-state index is -1.02. The maximum absolute atomic E-state index is 13.4. The zero-order valence-electron chi connectivity index (χ0n) is 7.81. The Morgan fingerprint density at radius 2 is 2.20 bits per heavy atom. The Hall–Kier alpha value is -1.20. The van der Waals surface area contributed by atoms with Crippen molar-refractivity contribution >= 4 is 17.4 Å². The van der Waals surface area contributed by atoms with E-state index < -0.39 is 40.3 Å². The number of rotatable bonds is 3. The van der Waals surface area contributed by atoms with Crippen LogP contribution >= 0.6 is 11.6 Å². The SMILES string of the molecule is COc1c(F)cc(Cl)c(F)c1C(=O)CN. The molecule has 0 aliphatic heterocycles. The minimum absolute atomic E-state index is 0.451. The molecule has 0 amide bonds. The van der Waals surface area contributed by atoms with Crippen molar-refractivity contribution in [3.05, 3.63) is 28.3 Å². The second-order valence-electron chi connectivity index (χ2n) is 2.69. The van der Waals surface area contributed by atoms with Crippen LogP contribution in [0.1, 0.15) is 10.4 Å². The highest BCUT2D eigenvalue weighted by Crippen LogP contribution is 2.30. The van der Waals surface area contributed by atoms with Gasteiger partial charge in [-0.2, -0.15) is 0 Å². The van der Waals surface area contributed by atoms with Gasteiger partial charge in [0.1, 0.15) is 5.56 Å². The molecule has 0 heterocycles. The normalized spacial score (nSPS) is 10.2. The van der Waals surface area contributed by atoms with E-state index in [4.69, 9.17) is 17.3 Å². The third-order valence-corrected chi connectivity index (χ3v) is 2.07. The van der Waals surface area contributed by atoms with Crippen LogP contribution in [0, 0.1) is 11.6 Å². The molecule has 1 rings (SSSR count). The van der Waals surface area contributed by atoms with Crippen molar-refractivity contribution in [3.63, 3.8) is 0 Å². The van der Waals surface area contributed by atoms with Gasteiger partial charge in [-0.25, -0.2) is 8.78 Å². The van der Waals surface area contributed by atoms with Crippen LogP contribution in [-0.2, 0) is 0 Å². The smallest absolute Gasteiger partial charge is 0.183 e. The molecule has 0 aliphatic rings. The van der Waals surface area contributed by atoms with Gasteiger partial charge in [0.25, 0.3) is 0 Å². The molecule has 0 atom stereocenters. The summed E-state index contributed by atoms with van der Waals surface area (Å²) in [6.07, 6.45) is 0. The predicted molar refractivity (Wildman–Crippen MR) is 51.3 cm³/mol. The summed E-state index contributed by atoms with van der Waals surface area (Å²) in [5.41, 5.74) is 4.51. The number of halogens is 3. The van der Waals surface area contributed by atoms with Gasteiger partial charge in [0.15, 0.2) is 23.2 Å². The van der Waals surface area contributed by atoms with Crippen molar-refractivity contribution in [1.29, 1.82) is 0 Å². The van der Waals surface area contributed by atoms with Gasteiger partial charge in [0.2, 0.25) is 0 Å². The molecule has 0 spiro atoms. The van der Waals surface area contributed by atoms with Crippen LogP contribution in [0.4, 0.5) is 8.78 Å². The van der Waals surface area contributed by atoms with Crippen molar-refractivity contribution in [1.82, 2.24) is 0 Å². The van der Waals surface area contributed by atoms with Crippen LogP contribution in [0.3, 0.4) is 0 Å². The van der Waals surface area contributed by atoms with Crippen LogP contribution in [0.15, 0.2) is 6.07 Å². The summed E-state index contributed by atoms with van der Waals surface area (Å²) in [5.74, 6) is -3.18. The lowest BCUT2D eigenvalue weighted by Crippen LogP contribution is -2.17. The molecule has 82 valence electrons. The molecule has 3 nitrogen and oxygen atoms in total. The first-order valence-corrected chi connectivity index (χ1v) is 4.35. The maximum atomic E-state index is 13.4. The summed E-state index contributed by atoms with van der Waals surface area (Å²) < 4.78 is 31.2. The number of carbonyl (C=O) groups is 1. The van der Waals surface area contributed by atoms with Crippen molar-refractivity contribution in [2.24, 2.45) is 5.73 Å². The van der Waals surface area contributed by atoms with E-state index in [-0.39, 0.29) is 0 Å². The van der Waals surface area contributed by atoms with E-state index in [0.717, 1.165) is 13.2 Å². The lowest BCUT2D eigenvalue weighted by Gasteiger charge is -2.09. The molecule has 0 fully saturated rings. The van der Waals surface area contributed by atoms with E-state index in [1.54, 1.807) is 0 Å². The Kier molecular flexibility index (Phi) is 3.60. The van der Waals surface area contributed by atoms with E-state index in [1.807, 2.05) is 0 Å². The van der Waals surface area contributed by atoms with Crippen LogP contribution in [0.2, 0.25) is 5.02 Å². The third-order valence-electron chi connectivity index (χ3n) is 1.79. The summed E-state index contributed by atoms with van der Waals surface area (Å²) in [5, 5.41) is -0.481. The lowest BCUT2D eigenvalue weighted by molar-refractivity contribution is 0.0993. The summed E-state index contributed by atoms with van der Waals surface area (Å²) in [6, 6.07) is 0.739. The fourth-order valence-corrected chi connectivity index (χ4v) is 1.32. The van der Waals surface area contributed by atoms with Crippen molar-refractivity contribution in [2.75, 3.05) is 13.7 Å². The number of carbonyl (C=O) groups excluding carboxylic acids is 1. The summed E-state index contributed by atoms with van der Waals surface area (Å²) in [6.45, 7) is -0.451. The van der Waals surface area contributed by atoms with Gasteiger partial charge in [0.05, 0.1) is 18.7 Å². The van der Waals surface area contributed by atoms with E-state index in [2.05, 4.69) is 4.74 Å². The fraction of sp³-hybridized carbons (Fsp3) is 0.222. The number of hydrogen-bond donors (Lipinski definition) is 1. The molecule has 2 N–H and O–H groups in total. The quantitative estimate of drug-likeness (QED) is 0.642. The molecule has 0 unspecified atom stereocenters. The number of ether oxygens (including phenoxy) is 1. The van der Waals surface area contributed by atoms with E-state index in [1.165, 1.54) is 0 Å². The monoisotopic (exact) mass is 235 g/mol. The van der Waals surface area contributed by atoms with Crippen molar-refractivity contribution in [3.8, 4) is 5.75 Å². The summed E-state index contributed by atoms with van der Waals surface area (Å²) >= 11 is 5.39. The molecule has 0 radical (unpaired) electrons. The molecular formula is C9H8ClF2NO2. The number of ketones is 1. The second-order valence-corrected chi connectivity index (χ2v) is 3.10. The fourth-order valence-electron chi connectivity index (χ4n) is 1.13. The first-order valence-electron chi connectivity index (χ1n) is 3.97. The Balaban J connectivity index is 3.50.